The summed E-state index contributed by atoms with van der Waals surface area (Å²) in [7, 11) is 0. The highest BCUT2D eigenvalue weighted by Crippen LogP contribution is 2.27. The first-order valence-electron chi connectivity index (χ1n) is 6.01. The van der Waals surface area contributed by atoms with Crippen molar-refractivity contribution in [1.82, 2.24) is 5.32 Å². The third-order valence-electron chi connectivity index (χ3n) is 2.84. The van der Waals surface area contributed by atoms with Crippen LogP contribution >= 0.6 is 0 Å². The molecule has 0 aromatic heterocycles. The Balaban J connectivity index is 1.94. The molecular weight excluding hydrogens is 253 g/mol. The molecule has 0 radical (unpaired) electrons. The first-order chi connectivity index (χ1) is 9.06. The van der Waals surface area contributed by atoms with Crippen LogP contribution in [-0.4, -0.2) is 23.9 Å². The van der Waals surface area contributed by atoms with E-state index in [-0.39, 0.29) is 17.9 Å². The lowest BCUT2D eigenvalue weighted by Gasteiger charge is -2.07. The Bertz CT molecular complexity index is 503. The van der Waals surface area contributed by atoms with E-state index in [9.17, 15) is 19.3 Å². The van der Waals surface area contributed by atoms with Gasteiger partial charge in [0.15, 0.2) is 0 Å². The fraction of sp³-hybridized carbons (Fsp3) is 0.417. The molecule has 0 saturated heterocycles. The number of hydrogen-bond donors (Lipinski definition) is 2. The van der Waals surface area contributed by atoms with E-state index in [2.05, 4.69) is 10.6 Å². The van der Waals surface area contributed by atoms with Crippen molar-refractivity contribution in [3.05, 3.63) is 34.1 Å². The summed E-state index contributed by atoms with van der Waals surface area (Å²) in [6.45, 7) is 0.822. The summed E-state index contributed by atoms with van der Waals surface area (Å²) in [5.41, 5.74) is -0.444. The molecule has 0 heterocycles. The van der Waals surface area contributed by atoms with Gasteiger partial charge in [-0.25, -0.2) is 4.39 Å². The molecule has 1 aromatic rings. The number of nitrogens with zero attached hydrogens (tertiary/aromatic N) is 1. The smallest absolute Gasteiger partial charge is 0.292 e. The second kappa shape index (κ2) is 5.75. The Kier molecular flexibility index (Phi) is 4.06. The number of carbonyl (C=O) groups excluding carboxylic acids is 1. The van der Waals surface area contributed by atoms with E-state index in [4.69, 9.17) is 0 Å². The molecule has 1 aliphatic rings. The number of carbonyl (C=O) groups is 1. The van der Waals surface area contributed by atoms with Crippen LogP contribution in [-0.2, 0) is 4.79 Å². The molecule has 1 aliphatic carbocycles. The van der Waals surface area contributed by atoms with Gasteiger partial charge in [0.2, 0.25) is 5.91 Å². The first kappa shape index (κ1) is 13.4. The average Bonchev–Trinajstić information content (AvgIpc) is 3.12. The van der Waals surface area contributed by atoms with Gasteiger partial charge in [0, 0.05) is 12.1 Å². The Morgan fingerprint density at radius 2 is 2.21 bits per heavy atom. The quantitative estimate of drug-likeness (QED) is 0.606. The minimum atomic E-state index is -0.660. The lowest BCUT2D eigenvalue weighted by atomic mass is 10.2. The van der Waals surface area contributed by atoms with Crippen molar-refractivity contribution in [2.24, 2.45) is 5.92 Å². The largest absolute Gasteiger partial charge is 0.319 e. The van der Waals surface area contributed by atoms with E-state index in [0.717, 1.165) is 24.7 Å². The number of halogens is 1. The number of rotatable bonds is 6. The highest BCUT2D eigenvalue weighted by atomic mass is 19.1. The van der Waals surface area contributed by atoms with Gasteiger partial charge in [-0.2, -0.15) is 0 Å². The number of anilines is 1. The van der Waals surface area contributed by atoms with Crippen LogP contribution in [0.15, 0.2) is 18.2 Å². The van der Waals surface area contributed by atoms with Gasteiger partial charge in [0.05, 0.1) is 11.5 Å². The van der Waals surface area contributed by atoms with Gasteiger partial charge in [0.25, 0.3) is 5.69 Å². The number of hydrogen-bond acceptors (Lipinski definition) is 4. The van der Waals surface area contributed by atoms with Crippen LogP contribution in [0.3, 0.4) is 0 Å². The van der Waals surface area contributed by atoms with Crippen molar-refractivity contribution in [3.63, 3.8) is 0 Å². The standard InChI is InChI=1S/C12H14FN3O3/c13-9-3-4-11(16(18)19)10(5-9)15-12(17)7-14-6-8-1-2-8/h3-5,8,14H,1-2,6-7H2,(H,15,17). The fourth-order valence-electron chi connectivity index (χ4n) is 1.67. The fourth-order valence-corrected chi connectivity index (χ4v) is 1.67. The zero-order valence-corrected chi connectivity index (χ0v) is 10.2. The molecule has 1 saturated carbocycles. The summed E-state index contributed by atoms with van der Waals surface area (Å²) >= 11 is 0. The predicted molar refractivity (Wildman–Crippen MR) is 67.3 cm³/mol. The van der Waals surface area contributed by atoms with Crippen LogP contribution in [0.1, 0.15) is 12.8 Å². The van der Waals surface area contributed by atoms with Crippen molar-refractivity contribution >= 4 is 17.3 Å². The Hall–Kier alpha value is -2.02. The van der Waals surface area contributed by atoms with E-state index < -0.39 is 16.6 Å². The molecule has 0 aliphatic heterocycles. The topological polar surface area (TPSA) is 84.3 Å². The average molecular weight is 267 g/mol. The first-order valence-corrected chi connectivity index (χ1v) is 6.01. The zero-order valence-electron chi connectivity index (χ0n) is 10.2. The summed E-state index contributed by atoms with van der Waals surface area (Å²) < 4.78 is 13.0. The molecule has 1 amide bonds. The van der Waals surface area contributed by atoms with Gasteiger partial charge in [-0.15, -0.1) is 0 Å². The summed E-state index contributed by atoms with van der Waals surface area (Å²) in [6.07, 6.45) is 2.34. The lowest BCUT2D eigenvalue weighted by Crippen LogP contribution is -2.29. The number of nitro groups is 1. The Morgan fingerprint density at radius 3 is 2.84 bits per heavy atom. The molecule has 1 fully saturated rings. The molecule has 0 atom stereocenters. The summed E-state index contributed by atoms with van der Waals surface area (Å²) in [6, 6.07) is 2.96. The minimum absolute atomic E-state index is 0.0597. The van der Waals surface area contributed by atoms with Crippen molar-refractivity contribution < 1.29 is 14.1 Å². The molecule has 0 unspecified atom stereocenters. The van der Waals surface area contributed by atoms with E-state index in [1.165, 1.54) is 12.8 Å². The maximum absolute atomic E-state index is 13.0. The second-order valence-corrected chi connectivity index (χ2v) is 4.54. The third kappa shape index (κ3) is 3.99. The van der Waals surface area contributed by atoms with Crippen molar-refractivity contribution in [2.45, 2.75) is 12.8 Å². The molecule has 0 spiro atoms. The van der Waals surface area contributed by atoms with Gasteiger partial charge >= 0.3 is 0 Å². The van der Waals surface area contributed by atoms with Crippen LogP contribution in [0, 0.1) is 21.8 Å². The number of nitrogens with one attached hydrogen (secondary N) is 2. The molecule has 6 nitrogen and oxygen atoms in total. The van der Waals surface area contributed by atoms with Crippen LogP contribution in [0.2, 0.25) is 0 Å². The Morgan fingerprint density at radius 1 is 1.47 bits per heavy atom. The lowest BCUT2D eigenvalue weighted by molar-refractivity contribution is -0.384. The van der Waals surface area contributed by atoms with Gasteiger partial charge in [-0.1, -0.05) is 0 Å². The molecule has 7 heteroatoms. The van der Waals surface area contributed by atoms with Gasteiger partial charge in [-0.3, -0.25) is 14.9 Å². The van der Waals surface area contributed by atoms with Gasteiger partial charge < -0.3 is 10.6 Å². The molecule has 2 N–H and O–H groups in total. The van der Waals surface area contributed by atoms with E-state index in [1.807, 2.05) is 0 Å². The molecule has 102 valence electrons. The summed E-state index contributed by atoms with van der Waals surface area (Å²) in [5, 5.41) is 16.0. The maximum atomic E-state index is 13.0. The number of nitro benzene ring substituents is 1. The van der Waals surface area contributed by atoms with E-state index >= 15 is 0 Å². The van der Waals surface area contributed by atoms with Gasteiger partial charge in [0.1, 0.15) is 11.5 Å². The normalized spacial score (nSPS) is 14.2. The van der Waals surface area contributed by atoms with E-state index in [0.29, 0.717) is 5.92 Å². The van der Waals surface area contributed by atoms with Gasteiger partial charge in [-0.05, 0) is 31.4 Å². The SMILES string of the molecule is O=C(CNCC1CC1)Nc1cc(F)ccc1[N+](=O)[O-]. The summed E-state index contributed by atoms with van der Waals surface area (Å²) in [4.78, 5) is 21.7. The third-order valence-corrected chi connectivity index (χ3v) is 2.84. The molecule has 0 bridgehead atoms. The highest BCUT2D eigenvalue weighted by Gasteiger charge is 2.21. The zero-order chi connectivity index (χ0) is 13.8. The van der Waals surface area contributed by atoms with E-state index in [1.54, 1.807) is 0 Å². The Labute approximate surface area is 109 Å². The maximum Gasteiger partial charge on any atom is 0.292 e. The second-order valence-electron chi connectivity index (χ2n) is 4.54. The molecule has 19 heavy (non-hydrogen) atoms. The van der Waals surface area contributed by atoms with Crippen molar-refractivity contribution in [3.8, 4) is 0 Å². The molecule has 2 rings (SSSR count). The molecule has 1 aromatic carbocycles. The number of amides is 1. The monoisotopic (exact) mass is 267 g/mol. The highest BCUT2D eigenvalue weighted by molar-refractivity contribution is 5.94. The minimum Gasteiger partial charge on any atom is -0.319 e. The van der Waals surface area contributed by atoms with Crippen LogP contribution < -0.4 is 10.6 Å². The van der Waals surface area contributed by atoms with Crippen LogP contribution in [0.25, 0.3) is 0 Å². The van der Waals surface area contributed by atoms with Crippen molar-refractivity contribution in [2.75, 3.05) is 18.4 Å². The predicted octanol–water partition coefficient (Wildman–Crippen LogP) is 1.67. The molecular formula is C12H14FN3O3. The van der Waals surface area contributed by atoms with Crippen molar-refractivity contribution in [1.29, 1.82) is 0 Å². The van der Waals surface area contributed by atoms with Crippen LogP contribution in [0.5, 0.6) is 0 Å². The summed E-state index contributed by atoms with van der Waals surface area (Å²) in [5.74, 6) is -0.419. The number of benzene rings is 1. The van der Waals surface area contributed by atoms with Crippen LogP contribution in [0.4, 0.5) is 15.8 Å².